The number of benzene rings is 1. The molecule has 1 aromatic carbocycles. The lowest BCUT2D eigenvalue weighted by Gasteiger charge is -2.17. The molecule has 1 rings (SSSR count). The zero-order valence-electron chi connectivity index (χ0n) is 9.41. The number of aryl methyl sites for hydroxylation is 1. The zero-order chi connectivity index (χ0) is 13.0. The first-order valence-electron chi connectivity index (χ1n) is 5.19. The van der Waals surface area contributed by atoms with E-state index in [9.17, 15) is 20.3 Å². The Hall–Kier alpha value is -1.11. The van der Waals surface area contributed by atoms with Crippen molar-refractivity contribution in [2.45, 2.75) is 25.6 Å². The Balaban J connectivity index is 2.93. The molecule has 5 nitrogen and oxygen atoms in total. The maximum atomic E-state index is 10.6. The van der Waals surface area contributed by atoms with E-state index in [0.717, 1.165) is 0 Å². The number of hydrogen-bond donors (Lipinski definition) is 3. The summed E-state index contributed by atoms with van der Waals surface area (Å²) in [5, 5.41) is 30.1. The molecule has 0 heterocycles. The van der Waals surface area contributed by atoms with Gasteiger partial charge < -0.3 is 10.2 Å². The third-order valence-corrected chi connectivity index (χ3v) is 2.81. The van der Waals surface area contributed by atoms with Crippen molar-refractivity contribution in [2.75, 3.05) is 5.75 Å². The van der Waals surface area contributed by atoms with Crippen LogP contribution in [0.5, 0.6) is 0 Å². The van der Waals surface area contributed by atoms with Crippen LogP contribution in [0.1, 0.15) is 23.7 Å². The largest absolute Gasteiger partial charge is 0.390 e. The molecular formula is C11H15NO4S. The van der Waals surface area contributed by atoms with E-state index in [-0.39, 0.29) is 5.69 Å². The Labute approximate surface area is 105 Å². The third-order valence-electron chi connectivity index (χ3n) is 2.55. The van der Waals surface area contributed by atoms with E-state index >= 15 is 0 Å². The average Bonchev–Trinajstić information content (AvgIpc) is 2.27. The molecule has 0 saturated heterocycles. The van der Waals surface area contributed by atoms with Crippen molar-refractivity contribution in [1.82, 2.24) is 0 Å². The van der Waals surface area contributed by atoms with Gasteiger partial charge in [-0.25, -0.2) is 0 Å². The molecule has 17 heavy (non-hydrogen) atoms. The summed E-state index contributed by atoms with van der Waals surface area (Å²) in [7, 11) is 0. The molecule has 0 aromatic heterocycles. The Morgan fingerprint density at radius 1 is 1.47 bits per heavy atom. The molecule has 6 heteroatoms. The minimum atomic E-state index is -1.04. The van der Waals surface area contributed by atoms with Gasteiger partial charge in [-0.1, -0.05) is 0 Å². The van der Waals surface area contributed by atoms with Crippen molar-refractivity contribution in [1.29, 1.82) is 0 Å². The third kappa shape index (κ3) is 3.42. The van der Waals surface area contributed by atoms with E-state index < -0.39 is 17.1 Å². The number of nitrogens with zero attached hydrogens (tertiary/aromatic N) is 1. The molecule has 2 unspecified atom stereocenters. The fourth-order valence-electron chi connectivity index (χ4n) is 1.58. The summed E-state index contributed by atoms with van der Waals surface area (Å²) < 4.78 is 0. The molecule has 0 bridgehead atoms. The molecule has 0 aliphatic rings. The molecular weight excluding hydrogens is 242 g/mol. The van der Waals surface area contributed by atoms with Crippen molar-refractivity contribution in [3.8, 4) is 0 Å². The summed E-state index contributed by atoms with van der Waals surface area (Å²) in [6.07, 6.45) is -1.59. The zero-order valence-corrected chi connectivity index (χ0v) is 10.3. The number of nitro benzene ring substituents is 1. The highest BCUT2D eigenvalue weighted by Crippen LogP contribution is 2.25. The predicted molar refractivity (Wildman–Crippen MR) is 67.3 cm³/mol. The maximum absolute atomic E-state index is 10.6. The molecule has 0 aliphatic heterocycles. The lowest BCUT2D eigenvalue weighted by atomic mass is 10.00. The van der Waals surface area contributed by atoms with E-state index in [1.807, 2.05) is 0 Å². The molecule has 2 N–H and O–H groups in total. The van der Waals surface area contributed by atoms with Crippen molar-refractivity contribution in [3.05, 3.63) is 39.4 Å². The van der Waals surface area contributed by atoms with Gasteiger partial charge in [-0.05, 0) is 36.8 Å². The van der Waals surface area contributed by atoms with E-state index in [4.69, 9.17) is 0 Å². The fraction of sp³-hybridized carbons (Fsp3) is 0.455. The van der Waals surface area contributed by atoms with Gasteiger partial charge in [0.2, 0.25) is 0 Å². The number of nitro groups is 1. The van der Waals surface area contributed by atoms with Crippen LogP contribution in [0.4, 0.5) is 5.69 Å². The van der Waals surface area contributed by atoms with Gasteiger partial charge in [0, 0.05) is 11.6 Å². The second-order valence-electron chi connectivity index (χ2n) is 3.83. The lowest BCUT2D eigenvalue weighted by molar-refractivity contribution is -0.385. The molecule has 0 aliphatic carbocycles. The van der Waals surface area contributed by atoms with Crippen molar-refractivity contribution >= 4 is 18.3 Å². The normalized spacial score (nSPS) is 14.4. The minimum absolute atomic E-state index is 0.00429. The average molecular weight is 257 g/mol. The minimum Gasteiger partial charge on any atom is -0.390 e. The summed E-state index contributed by atoms with van der Waals surface area (Å²) in [6.45, 7) is 1.60. The highest BCUT2D eigenvalue weighted by Gasteiger charge is 2.20. The Morgan fingerprint density at radius 3 is 2.59 bits per heavy atom. The van der Waals surface area contributed by atoms with Crippen molar-refractivity contribution < 1.29 is 15.1 Å². The Morgan fingerprint density at radius 2 is 2.12 bits per heavy atom. The van der Waals surface area contributed by atoms with Gasteiger partial charge in [-0.3, -0.25) is 10.1 Å². The molecule has 1 aromatic rings. The van der Waals surface area contributed by atoms with E-state index in [0.29, 0.717) is 23.3 Å². The van der Waals surface area contributed by atoms with Crippen LogP contribution in [0.25, 0.3) is 0 Å². The van der Waals surface area contributed by atoms with Gasteiger partial charge in [0.05, 0.1) is 11.0 Å². The predicted octanol–water partition coefficient (Wildman–Crippen LogP) is 1.62. The topological polar surface area (TPSA) is 83.6 Å². The fourth-order valence-corrected chi connectivity index (χ4v) is 1.84. The van der Waals surface area contributed by atoms with Gasteiger partial charge in [0.25, 0.3) is 5.69 Å². The van der Waals surface area contributed by atoms with Crippen molar-refractivity contribution in [3.63, 3.8) is 0 Å². The standard InChI is InChI=1S/C11H15NO4S/c1-7-6-8(2-3-9(7)12(15)16)11(14)10(13)4-5-17/h2-3,6,10-11,13-14,17H,4-5H2,1H3. The smallest absolute Gasteiger partial charge is 0.272 e. The van der Waals surface area contributed by atoms with Crippen LogP contribution >= 0.6 is 12.6 Å². The van der Waals surface area contributed by atoms with Gasteiger partial charge in [-0.15, -0.1) is 0 Å². The van der Waals surface area contributed by atoms with Crippen molar-refractivity contribution in [2.24, 2.45) is 0 Å². The van der Waals surface area contributed by atoms with Crippen LogP contribution < -0.4 is 0 Å². The van der Waals surface area contributed by atoms with Crippen LogP contribution in [0.2, 0.25) is 0 Å². The van der Waals surface area contributed by atoms with Crippen LogP contribution in [-0.2, 0) is 0 Å². The summed E-state index contributed by atoms with van der Waals surface area (Å²) in [5.74, 6) is 0.462. The van der Waals surface area contributed by atoms with E-state index in [2.05, 4.69) is 12.6 Å². The quantitative estimate of drug-likeness (QED) is 0.425. The summed E-state index contributed by atoms with van der Waals surface area (Å²) in [5.41, 5.74) is 0.941. The number of rotatable bonds is 5. The first kappa shape index (κ1) is 14.0. The molecule has 0 radical (unpaired) electrons. The van der Waals surface area contributed by atoms with E-state index in [1.165, 1.54) is 18.2 Å². The SMILES string of the molecule is Cc1cc(C(O)C(O)CCS)ccc1[N+](=O)[O-]. The molecule has 0 saturated carbocycles. The highest BCUT2D eigenvalue weighted by atomic mass is 32.1. The van der Waals surface area contributed by atoms with Crippen LogP contribution in [0.15, 0.2) is 18.2 Å². The number of aliphatic hydroxyl groups excluding tert-OH is 2. The number of aliphatic hydroxyl groups is 2. The van der Waals surface area contributed by atoms with Crippen LogP contribution in [0, 0.1) is 17.0 Å². The van der Waals surface area contributed by atoms with Gasteiger partial charge in [0.15, 0.2) is 0 Å². The lowest BCUT2D eigenvalue weighted by Crippen LogP contribution is -2.18. The molecule has 2 atom stereocenters. The second-order valence-corrected chi connectivity index (χ2v) is 4.27. The monoisotopic (exact) mass is 257 g/mol. The summed E-state index contributed by atoms with van der Waals surface area (Å²) in [6, 6.07) is 4.31. The second kappa shape index (κ2) is 6.00. The summed E-state index contributed by atoms with van der Waals surface area (Å²) >= 11 is 3.97. The van der Waals surface area contributed by atoms with Crippen LogP contribution in [0.3, 0.4) is 0 Å². The Bertz CT molecular complexity index is 410. The summed E-state index contributed by atoms with van der Waals surface area (Å²) in [4.78, 5) is 10.1. The number of hydrogen-bond acceptors (Lipinski definition) is 5. The van der Waals surface area contributed by atoms with Gasteiger partial charge in [0.1, 0.15) is 6.10 Å². The van der Waals surface area contributed by atoms with Gasteiger partial charge >= 0.3 is 0 Å². The molecule has 0 spiro atoms. The highest BCUT2D eigenvalue weighted by molar-refractivity contribution is 7.80. The molecule has 0 amide bonds. The van der Waals surface area contributed by atoms with Crippen LogP contribution in [-0.4, -0.2) is 27.0 Å². The number of thiol groups is 1. The molecule has 0 fully saturated rings. The van der Waals surface area contributed by atoms with E-state index in [1.54, 1.807) is 6.92 Å². The first-order chi connectivity index (χ1) is 7.97. The molecule has 94 valence electrons. The van der Waals surface area contributed by atoms with Gasteiger partial charge in [-0.2, -0.15) is 12.6 Å². The first-order valence-corrected chi connectivity index (χ1v) is 5.82. The maximum Gasteiger partial charge on any atom is 0.272 e. The Kier molecular flexibility index (Phi) is 4.92.